The van der Waals surface area contributed by atoms with Gasteiger partial charge in [0.15, 0.2) is 0 Å². The normalized spacial score (nSPS) is 13.7. The van der Waals surface area contributed by atoms with Gasteiger partial charge >= 0.3 is 0 Å². The molecule has 4 aromatic rings. The van der Waals surface area contributed by atoms with Crippen molar-refractivity contribution in [1.82, 2.24) is 0 Å². The molecule has 0 unspecified atom stereocenters. The standard InChI is InChI=1S/C27H20Br2O/c1-16-3-4-17(2)24(13-16)27(18-5-9-21(30)10-6-18)25-14-19(28)7-11-22(25)23-12-8-20(29)15-26(23)27/h3-15,30H,1-2H3. The van der Waals surface area contributed by atoms with Gasteiger partial charge in [-0.2, -0.15) is 0 Å². The molecule has 0 radical (unpaired) electrons. The van der Waals surface area contributed by atoms with E-state index in [1.54, 1.807) is 12.1 Å². The van der Waals surface area contributed by atoms with Crippen molar-refractivity contribution in [1.29, 1.82) is 0 Å². The smallest absolute Gasteiger partial charge is 0.115 e. The van der Waals surface area contributed by atoms with Crippen molar-refractivity contribution in [2.45, 2.75) is 19.3 Å². The van der Waals surface area contributed by atoms with E-state index < -0.39 is 5.41 Å². The van der Waals surface area contributed by atoms with Gasteiger partial charge in [-0.25, -0.2) is 0 Å². The van der Waals surface area contributed by atoms with Crippen LogP contribution in [0.2, 0.25) is 0 Å². The van der Waals surface area contributed by atoms with Gasteiger partial charge in [0.2, 0.25) is 0 Å². The first kappa shape index (κ1) is 19.6. The number of phenols is 1. The SMILES string of the molecule is Cc1ccc(C)c(C2(c3ccc(O)cc3)c3cc(Br)ccc3-c3ccc(Br)cc32)c1. The Balaban J connectivity index is 2.02. The lowest BCUT2D eigenvalue weighted by Gasteiger charge is -2.35. The van der Waals surface area contributed by atoms with Crippen molar-refractivity contribution in [3.05, 3.63) is 121 Å². The van der Waals surface area contributed by atoms with Crippen molar-refractivity contribution in [3.63, 3.8) is 0 Å². The summed E-state index contributed by atoms with van der Waals surface area (Å²) in [6, 6.07) is 27.5. The second-order valence-electron chi connectivity index (χ2n) is 8.00. The minimum Gasteiger partial charge on any atom is -0.508 e. The summed E-state index contributed by atoms with van der Waals surface area (Å²) in [4.78, 5) is 0. The molecule has 1 aliphatic rings. The molecule has 0 heterocycles. The number of halogens is 2. The van der Waals surface area contributed by atoms with Crippen molar-refractivity contribution in [3.8, 4) is 16.9 Å². The number of phenolic OH excluding ortho intramolecular Hbond substituents is 1. The summed E-state index contributed by atoms with van der Waals surface area (Å²) >= 11 is 7.43. The van der Waals surface area contributed by atoms with Crippen LogP contribution in [0.15, 0.2) is 87.8 Å². The zero-order valence-electron chi connectivity index (χ0n) is 16.7. The van der Waals surface area contributed by atoms with E-state index in [4.69, 9.17) is 0 Å². The maximum atomic E-state index is 10.0. The molecule has 0 bridgehead atoms. The molecule has 0 aliphatic heterocycles. The van der Waals surface area contributed by atoms with Gasteiger partial charge in [0, 0.05) is 8.95 Å². The van der Waals surface area contributed by atoms with E-state index in [9.17, 15) is 5.11 Å². The summed E-state index contributed by atoms with van der Waals surface area (Å²) in [5.41, 5.74) is 9.41. The van der Waals surface area contributed by atoms with E-state index in [0.717, 1.165) is 14.5 Å². The van der Waals surface area contributed by atoms with Crippen LogP contribution in [0.3, 0.4) is 0 Å². The lowest BCUT2D eigenvalue weighted by Crippen LogP contribution is -2.29. The van der Waals surface area contributed by atoms with Crippen LogP contribution in [0.5, 0.6) is 5.75 Å². The maximum Gasteiger partial charge on any atom is 0.115 e. The zero-order valence-corrected chi connectivity index (χ0v) is 19.9. The predicted molar refractivity (Wildman–Crippen MR) is 130 cm³/mol. The van der Waals surface area contributed by atoms with E-state index >= 15 is 0 Å². The Hall–Kier alpha value is -2.36. The molecule has 1 aliphatic carbocycles. The molecule has 5 rings (SSSR count). The number of benzene rings is 4. The van der Waals surface area contributed by atoms with Gasteiger partial charge < -0.3 is 5.11 Å². The van der Waals surface area contributed by atoms with Crippen LogP contribution in [-0.4, -0.2) is 5.11 Å². The Morgan fingerprint density at radius 1 is 0.633 bits per heavy atom. The number of aromatic hydroxyl groups is 1. The molecule has 148 valence electrons. The van der Waals surface area contributed by atoms with Crippen LogP contribution in [0.4, 0.5) is 0 Å². The highest BCUT2D eigenvalue weighted by atomic mass is 79.9. The minimum absolute atomic E-state index is 0.275. The molecule has 0 spiro atoms. The number of fused-ring (bicyclic) bond motifs is 3. The molecule has 1 nitrogen and oxygen atoms in total. The average molecular weight is 520 g/mol. The Bertz CT molecular complexity index is 1240. The fraction of sp³-hybridized carbons (Fsp3) is 0.111. The van der Waals surface area contributed by atoms with Gasteiger partial charge in [-0.15, -0.1) is 0 Å². The van der Waals surface area contributed by atoms with E-state index in [2.05, 4.69) is 112 Å². The second-order valence-corrected chi connectivity index (χ2v) is 9.83. The number of hydrogen-bond acceptors (Lipinski definition) is 1. The summed E-state index contributed by atoms with van der Waals surface area (Å²) in [7, 11) is 0. The van der Waals surface area contributed by atoms with Crippen LogP contribution in [0.1, 0.15) is 33.4 Å². The van der Waals surface area contributed by atoms with Gasteiger partial charge in [0.05, 0.1) is 5.41 Å². The fourth-order valence-corrected chi connectivity index (χ4v) is 5.60. The molecular formula is C27H20Br2O. The van der Waals surface area contributed by atoms with Crippen molar-refractivity contribution >= 4 is 31.9 Å². The van der Waals surface area contributed by atoms with Gasteiger partial charge in [-0.3, -0.25) is 0 Å². The Kier molecular flexibility index (Phi) is 4.64. The highest BCUT2D eigenvalue weighted by Crippen LogP contribution is 2.57. The lowest BCUT2D eigenvalue weighted by atomic mass is 9.66. The maximum absolute atomic E-state index is 10.0. The number of hydrogen-bond donors (Lipinski definition) is 1. The van der Waals surface area contributed by atoms with Gasteiger partial charge in [-0.1, -0.05) is 79.9 Å². The van der Waals surface area contributed by atoms with Crippen LogP contribution in [0.25, 0.3) is 11.1 Å². The monoisotopic (exact) mass is 518 g/mol. The first-order valence-corrected chi connectivity index (χ1v) is 11.5. The third-order valence-corrected chi connectivity index (χ3v) is 7.15. The van der Waals surface area contributed by atoms with Crippen LogP contribution < -0.4 is 0 Å². The molecule has 1 N–H and O–H groups in total. The summed E-state index contributed by atoms with van der Waals surface area (Å²) in [6.07, 6.45) is 0. The molecule has 3 heteroatoms. The van der Waals surface area contributed by atoms with Crippen molar-refractivity contribution in [2.75, 3.05) is 0 Å². The highest BCUT2D eigenvalue weighted by molar-refractivity contribution is 9.10. The first-order valence-electron chi connectivity index (χ1n) is 9.89. The summed E-state index contributed by atoms with van der Waals surface area (Å²) in [5.74, 6) is 0.275. The van der Waals surface area contributed by atoms with Crippen LogP contribution >= 0.6 is 31.9 Å². The van der Waals surface area contributed by atoms with E-state index in [0.29, 0.717) is 0 Å². The average Bonchev–Trinajstić information content (AvgIpc) is 3.00. The second kappa shape index (κ2) is 7.11. The van der Waals surface area contributed by atoms with Gasteiger partial charge in [0.1, 0.15) is 5.75 Å². The fourth-order valence-electron chi connectivity index (χ4n) is 4.88. The largest absolute Gasteiger partial charge is 0.508 e. The molecule has 0 atom stereocenters. The van der Waals surface area contributed by atoms with Gasteiger partial charge in [-0.05, 0) is 89.2 Å². The topological polar surface area (TPSA) is 20.2 Å². The van der Waals surface area contributed by atoms with Crippen molar-refractivity contribution in [2.24, 2.45) is 0 Å². The lowest BCUT2D eigenvalue weighted by molar-refractivity contribution is 0.475. The molecule has 4 aromatic carbocycles. The number of aryl methyl sites for hydroxylation is 2. The minimum atomic E-state index is -0.470. The van der Waals surface area contributed by atoms with Crippen LogP contribution in [-0.2, 0) is 5.41 Å². The summed E-state index contributed by atoms with van der Waals surface area (Å²) in [5, 5.41) is 10.0. The van der Waals surface area contributed by atoms with E-state index in [1.807, 2.05) is 0 Å². The third kappa shape index (κ3) is 2.79. The van der Waals surface area contributed by atoms with Gasteiger partial charge in [0.25, 0.3) is 0 Å². The molecule has 30 heavy (non-hydrogen) atoms. The zero-order chi connectivity index (χ0) is 21.0. The Morgan fingerprint density at radius 2 is 1.20 bits per heavy atom. The molecule has 0 saturated carbocycles. The molecular weight excluding hydrogens is 500 g/mol. The van der Waals surface area contributed by atoms with Crippen molar-refractivity contribution < 1.29 is 5.11 Å². The molecule has 0 fully saturated rings. The summed E-state index contributed by atoms with van der Waals surface area (Å²) < 4.78 is 2.11. The Labute approximate surface area is 193 Å². The Morgan fingerprint density at radius 3 is 1.77 bits per heavy atom. The van der Waals surface area contributed by atoms with Crippen LogP contribution in [0, 0.1) is 13.8 Å². The number of rotatable bonds is 2. The summed E-state index contributed by atoms with van der Waals surface area (Å²) in [6.45, 7) is 4.33. The highest BCUT2D eigenvalue weighted by Gasteiger charge is 2.47. The molecule has 0 saturated heterocycles. The third-order valence-electron chi connectivity index (χ3n) is 6.16. The molecule has 0 aromatic heterocycles. The first-order chi connectivity index (χ1) is 14.4. The van der Waals surface area contributed by atoms with E-state index in [-0.39, 0.29) is 5.75 Å². The quantitative estimate of drug-likeness (QED) is 0.251. The van der Waals surface area contributed by atoms with E-state index in [1.165, 1.54) is 38.9 Å². The molecule has 0 amide bonds. The predicted octanol–water partition coefficient (Wildman–Crippen LogP) is 7.90.